The van der Waals surface area contributed by atoms with Gasteiger partial charge in [0.15, 0.2) is 0 Å². The third-order valence-electron chi connectivity index (χ3n) is 4.48. The quantitative estimate of drug-likeness (QED) is 0.922. The lowest BCUT2D eigenvalue weighted by molar-refractivity contribution is -0.144. The van der Waals surface area contributed by atoms with E-state index in [4.69, 9.17) is 0 Å². The highest BCUT2D eigenvalue weighted by Gasteiger charge is 2.57. The molecule has 0 radical (unpaired) electrons. The molecule has 0 spiro atoms. The van der Waals surface area contributed by atoms with E-state index in [1.54, 1.807) is 12.1 Å². The maximum atomic E-state index is 11.9. The summed E-state index contributed by atoms with van der Waals surface area (Å²) in [5.74, 6) is -0.848. The Morgan fingerprint density at radius 3 is 2.55 bits per heavy atom. The van der Waals surface area contributed by atoms with Gasteiger partial charge in [-0.15, -0.1) is 0 Å². The zero-order valence-electron chi connectivity index (χ0n) is 11.2. The second-order valence-corrected chi connectivity index (χ2v) is 7.60. The van der Waals surface area contributed by atoms with E-state index >= 15 is 0 Å². The second kappa shape index (κ2) is 4.22. The van der Waals surface area contributed by atoms with Crippen molar-refractivity contribution in [1.82, 2.24) is 0 Å². The zero-order chi connectivity index (χ0) is 14.5. The molecular formula is C14H17NO4S. The Balaban J connectivity index is 2.09. The minimum atomic E-state index is -3.32. The molecule has 3 rings (SSSR count). The summed E-state index contributed by atoms with van der Waals surface area (Å²) < 4.78 is 25.1. The Bertz CT molecular complexity index is 664. The van der Waals surface area contributed by atoms with Gasteiger partial charge in [-0.3, -0.25) is 9.10 Å². The molecule has 1 aliphatic carbocycles. The van der Waals surface area contributed by atoms with Crippen molar-refractivity contribution in [3.8, 4) is 0 Å². The largest absolute Gasteiger partial charge is 0.481 e. The average molecular weight is 295 g/mol. The summed E-state index contributed by atoms with van der Waals surface area (Å²) in [6, 6.07) is 7.26. The minimum Gasteiger partial charge on any atom is -0.481 e. The fourth-order valence-corrected chi connectivity index (χ4v) is 4.26. The SMILES string of the molecule is CS(=O)(=O)N1CCC(C2(C(=O)O)CC2)c2ccccc21. The molecule has 108 valence electrons. The summed E-state index contributed by atoms with van der Waals surface area (Å²) in [5, 5.41) is 9.48. The van der Waals surface area contributed by atoms with E-state index in [9.17, 15) is 18.3 Å². The first kappa shape index (κ1) is 13.4. The molecule has 0 aromatic heterocycles. The Labute approximate surface area is 118 Å². The summed E-state index contributed by atoms with van der Waals surface area (Å²) in [4.78, 5) is 11.5. The lowest BCUT2D eigenvalue weighted by atomic mass is 9.78. The number of fused-ring (bicyclic) bond motifs is 1. The van der Waals surface area contributed by atoms with Crippen molar-refractivity contribution in [1.29, 1.82) is 0 Å². The molecule has 6 heteroatoms. The van der Waals surface area contributed by atoms with Crippen molar-refractivity contribution in [3.63, 3.8) is 0 Å². The van der Waals surface area contributed by atoms with E-state index < -0.39 is 21.4 Å². The van der Waals surface area contributed by atoms with Crippen molar-refractivity contribution in [2.24, 2.45) is 5.41 Å². The summed E-state index contributed by atoms with van der Waals surface area (Å²) >= 11 is 0. The molecule has 0 amide bonds. The maximum absolute atomic E-state index is 11.9. The minimum absolute atomic E-state index is 0.0887. The molecule has 1 fully saturated rings. The highest BCUT2D eigenvalue weighted by molar-refractivity contribution is 7.92. The molecule has 1 heterocycles. The van der Waals surface area contributed by atoms with Crippen molar-refractivity contribution in [3.05, 3.63) is 29.8 Å². The van der Waals surface area contributed by atoms with Gasteiger partial charge in [0.2, 0.25) is 10.0 Å². The first-order valence-electron chi connectivity index (χ1n) is 6.66. The zero-order valence-corrected chi connectivity index (χ0v) is 12.1. The standard InChI is InChI=1S/C14H17NO4S/c1-20(18,19)15-9-6-11(14(7-8-14)13(16)17)10-4-2-3-5-12(10)15/h2-5,11H,6-9H2,1H3,(H,16,17). The second-order valence-electron chi connectivity index (χ2n) is 5.70. The molecule has 0 bridgehead atoms. The molecule has 1 saturated carbocycles. The van der Waals surface area contributed by atoms with Crippen LogP contribution in [0.1, 0.15) is 30.7 Å². The summed E-state index contributed by atoms with van der Waals surface area (Å²) in [5.41, 5.74) is 0.808. The third-order valence-corrected chi connectivity index (χ3v) is 5.66. The number of sulfonamides is 1. The monoisotopic (exact) mass is 295 g/mol. The first-order chi connectivity index (χ1) is 9.36. The van der Waals surface area contributed by atoms with Gasteiger partial charge in [0.1, 0.15) is 0 Å². The molecule has 1 aromatic rings. The predicted molar refractivity (Wildman–Crippen MR) is 75.3 cm³/mol. The fraction of sp³-hybridized carbons (Fsp3) is 0.500. The van der Waals surface area contributed by atoms with Crippen molar-refractivity contribution in [2.45, 2.75) is 25.2 Å². The van der Waals surface area contributed by atoms with Crippen molar-refractivity contribution < 1.29 is 18.3 Å². The number of hydrogen-bond donors (Lipinski definition) is 1. The number of rotatable bonds is 3. The highest BCUT2D eigenvalue weighted by atomic mass is 32.2. The summed E-state index contributed by atoms with van der Waals surface area (Å²) in [7, 11) is -3.32. The third kappa shape index (κ3) is 1.90. The van der Waals surface area contributed by atoms with Gasteiger partial charge in [-0.1, -0.05) is 18.2 Å². The smallest absolute Gasteiger partial charge is 0.310 e. The molecule has 2 aliphatic rings. The van der Waals surface area contributed by atoms with Crippen LogP contribution < -0.4 is 4.31 Å². The van der Waals surface area contributed by atoms with Gasteiger partial charge in [0, 0.05) is 12.5 Å². The fourth-order valence-electron chi connectivity index (χ4n) is 3.30. The van der Waals surface area contributed by atoms with Crippen LogP contribution in [0.4, 0.5) is 5.69 Å². The van der Waals surface area contributed by atoms with Crippen LogP contribution in [0, 0.1) is 5.41 Å². The van der Waals surface area contributed by atoms with Gasteiger partial charge in [-0.25, -0.2) is 8.42 Å². The van der Waals surface area contributed by atoms with Crippen LogP contribution in [-0.2, 0) is 14.8 Å². The number of nitrogens with zero attached hydrogens (tertiary/aromatic N) is 1. The summed E-state index contributed by atoms with van der Waals surface area (Å²) in [6.45, 7) is 0.357. The molecule has 1 atom stereocenters. The van der Waals surface area contributed by atoms with E-state index in [0.717, 1.165) is 5.56 Å². The Morgan fingerprint density at radius 1 is 1.35 bits per heavy atom. The van der Waals surface area contributed by atoms with E-state index in [-0.39, 0.29) is 5.92 Å². The lowest BCUT2D eigenvalue weighted by Gasteiger charge is -2.36. The number of carboxylic acid groups (broad SMARTS) is 1. The van der Waals surface area contributed by atoms with Crippen LogP contribution in [0.3, 0.4) is 0 Å². The topological polar surface area (TPSA) is 74.7 Å². The molecule has 0 saturated heterocycles. The Morgan fingerprint density at radius 2 is 2.00 bits per heavy atom. The van der Waals surface area contributed by atoms with Crippen LogP contribution in [0.15, 0.2) is 24.3 Å². The molecule has 1 N–H and O–H groups in total. The lowest BCUT2D eigenvalue weighted by Crippen LogP contribution is -2.39. The van der Waals surface area contributed by atoms with Crippen LogP contribution >= 0.6 is 0 Å². The number of carboxylic acids is 1. The normalized spacial score (nSPS) is 24.1. The van der Waals surface area contributed by atoms with Gasteiger partial charge in [0.25, 0.3) is 0 Å². The molecule has 1 unspecified atom stereocenters. The van der Waals surface area contributed by atoms with Crippen LogP contribution in [0.5, 0.6) is 0 Å². The van der Waals surface area contributed by atoms with Crippen LogP contribution in [0.2, 0.25) is 0 Å². The Hall–Kier alpha value is -1.56. The number of aliphatic carboxylic acids is 1. The highest BCUT2D eigenvalue weighted by Crippen LogP contribution is 2.60. The molecule has 1 aromatic carbocycles. The number of carbonyl (C=O) groups is 1. The number of anilines is 1. The van der Waals surface area contributed by atoms with Gasteiger partial charge in [-0.05, 0) is 30.9 Å². The number of para-hydroxylation sites is 1. The van der Waals surface area contributed by atoms with E-state index in [1.807, 2.05) is 12.1 Å². The van der Waals surface area contributed by atoms with Gasteiger partial charge in [-0.2, -0.15) is 0 Å². The van der Waals surface area contributed by atoms with Crippen LogP contribution in [-0.4, -0.2) is 32.3 Å². The van der Waals surface area contributed by atoms with Crippen molar-refractivity contribution in [2.75, 3.05) is 17.1 Å². The predicted octanol–water partition coefficient (Wildman–Crippen LogP) is 1.80. The molecular weight excluding hydrogens is 278 g/mol. The molecule has 5 nitrogen and oxygen atoms in total. The average Bonchev–Trinajstić information content (AvgIpc) is 3.17. The van der Waals surface area contributed by atoms with Gasteiger partial charge >= 0.3 is 5.97 Å². The van der Waals surface area contributed by atoms with Gasteiger partial charge < -0.3 is 5.11 Å². The molecule has 1 aliphatic heterocycles. The molecule has 20 heavy (non-hydrogen) atoms. The Kier molecular flexibility index (Phi) is 2.83. The maximum Gasteiger partial charge on any atom is 0.310 e. The van der Waals surface area contributed by atoms with Crippen LogP contribution in [0.25, 0.3) is 0 Å². The number of hydrogen-bond acceptors (Lipinski definition) is 3. The summed E-state index contributed by atoms with van der Waals surface area (Å²) in [6.07, 6.45) is 3.12. The van der Waals surface area contributed by atoms with Gasteiger partial charge in [0.05, 0.1) is 17.4 Å². The number of benzene rings is 1. The van der Waals surface area contributed by atoms with E-state index in [1.165, 1.54) is 10.6 Å². The van der Waals surface area contributed by atoms with E-state index in [0.29, 0.717) is 31.5 Å². The first-order valence-corrected chi connectivity index (χ1v) is 8.51. The van der Waals surface area contributed by atoms with Crippen molar-refractivity contribution >= 4 is 21.7 Å². The van der Waals surface area contributed by atoms with E-state index in [2.05, 4.69) is 0 Å².